The molecule has 0 spiro atoms. The minimum absolute atomic E-state index is 0.0664. The second-order valence-electron chi connectivity index (χ2n) is 7.55. The molecule has 0 aromatic carbocycles. The van der Waals surface area contributed by atoms with Gasteiger partial charge in [0.2, 0.25) is 0 Å². The highest BCUT2D eigenvalue weighted by molar-refractivity contribution is 6.01. The summed E-state index contributed by atoms with van der Waals surface area (Å²) in [5, 5.41) is 10.3. The maximum atomic E-state index is 12.7. The molecule has 0 saturated heterocycles. The van der Waals surface area contributed by atoms with Gasteiger partial charge in [-0.25, -0.2) is 9.78 Å². The van der Waals surface area contributed by atoms with Crippen LogP contribution in [0.4, 0.5) is 0 Å². The van der Waals surface area contributed by atoms with Crippen LogP contribution >= 0.6 is 0 Å². The number of aliphatic hydroxyl groups excluding tert-OH is 1. The molecular formula is C19H25N5O3. The summed E-state index contributed by atoms with van der Waals surface area (Å²) in [6.07, 6.45) is 7.16. The molecule has 3 N–H and O–H groups in total. The van der Waals surface area contributed by atoms with Gasteiger partial charge in [-0.3, -0.25) is 14.3 Å². The predicted molar refractivity (Wildman–Crippen MR) is 104 cm³/mol. The molecule has 3 aromatic heterocycles. The van der Waals surface area contributed by atoms with Crippen molar-refractivity contribution in [1.29, 1.82) is 0 Å². The zero-order chi connectivity index (χ0) is 19.0. The largest absolute Gasteiger partial charge is 0.395 e. The van der Waals surface area contributed by atoms with Gasteiger partial charge in [0.1, 0.15) is 5.65 Å². The van der Waals surface area contributed by atoms with E-state index in [9.17, 15) is 9.59 Å². The average Bonchev–Trinajstić information content (AvgIpc) is 3.12. The highest BCUT2D eigenvalue weighted by Gasteiger charge is 2.26. The SMILES string of the molecule is CN(CCO)CC1CCC(n2c(=O)[nH]c(=O)c3cnc4[nH]ccc4c32)CC1. The Morgan fingerprint density at radius 3 is 2.78 bits per heavy atom. The Hall–Kier alpha value is -2.45. The fraction of sp³-hybridized carbons (Fsp3) is 0.526. The number of likely N-dealkylation sites (N-methyl/N-ethyl adjacent to an activating group) is 1. The number of hydrogen-bond acceptors (Lipinski definition) is 5. The number of aromatic nitrogens is 4. The summed E-state index contributed by atoms with van der Waals surface area (Å²) < 4.78 is 1.77. The molecule has 1 saturated carbocycles. The van der Waals surface area contributed by atoms with Gasteiger partial charge in [-0.1, -0.05) is 0 Å². The minimum Gasteiger partial charge on any atom is -0.395 e. The number of nitrogens with one attached hydrogen (secondary N) is 2. The Kier molecular flexibility index (Phi) is 4.84. The molecule has 0 radical (unpaired) electrons. The van der Waals surface area contributed by atoms with Gasteiger partial charge in [0.05, 0.1) is 17.5 Å². The van der Waals surface area contributed by atoms with Crippen LogP contribution in [0.5, 0.6) is 0 Å². The zero-order valence-electron chi connectivity index (χ0n) is 15.4. The van der Waals surface area contributed by atoms with Crippen LogP contribution in [0.25, 0.3) is 21.9 Å². The van der Waals surface area contributed by atoms with E-state index in [1.54, 1.807) is 17.0 Å². The lowest BCUT2D eigenvalue weighted by Crippen LogP contribution is -2.36. The number of aromatic amines is 2. The molecule has 144 valence electrons. The van der Waals surface area contributed by atoms with Crippen molar-refractivity contribution in [2.75, 3.05) is 26.7 Å². The van der Waals surface area contributed by atoms with E-state index in [4.69, 9.17) is 5.11 Å². The van der Waals surface area contributed by atoms with E-state index < -0.39 is 0 Å². The Balaban J connectivity index is 1.68. The third kappa shape index (κ3) is 3.30. The molecule has 27 heavy (non-hydrogen) atoms. The number of fused-ring (bicyclic) bond motifs is 3. The van der Waals surface area contributed by atoms with Crippen molar-refractivity contribution in [3.05, 3.63) is 39.3 Å². The van der Waals surface area contributed by atoms with Crippen LogP contribution in [0.15, 0.2) is 28.0 Å². The minimum atomic E-state index is -0.388. The first kappa shape index (κ1) is 17.9. The molecule has 0 aliphatic heterocycles. The van der Waals surface area contributed by atoms with Crippen molar-refractivity contribution >= 4 is 21.9 Å². The molecule has 3 heterocycles. The van der Waals surface area contributed by atoms with Crippen LogP contribution in [0.1, 0.15) is 31.7 Å². The number of hydrogen-bond donors (Lipinski definition) is 3. The molecule has 8 nitrogen and oxygen atoms in total. The monoisotopic (exact) mass is 371 g/mol. The third-order valence-corrected chi connectivity index (χ3v) is 5.72. The standard InChI is InChI=1S/C19H25N5O3/c1-23(8-9-25)11-12-2-4-13(5-3-12)24-16-14-6-7-20-17(14)21-10-15(16)18(26)22-19(24)27/h6-7,10,12-13,25H,2-5,8-9,11H2,1H3,(H,20,21)(H,22,26,27). The molecule has 1 aliphatic carbocycles. The van der Waals surface area contributed by atoms with Gasteiger partial charge in [0.15, 0.2) is 0 Å². The van der Waals surface area contributed by atoms with E-state index in [2.05, 4.69) is 19.9 Å². The zero-order valence-corrected chi connectivity index (χ0v) is 15.4. The Bertz CT molecular complexity index is 1060. The summed E-state index contributed by atoms with van der Waals surface area (Å²) in [6.45, 7) is 1.81. The molecule has 0 bridgehead atoms. The van der Waals surface area contributed by atoms with Crippen LogP contribution in [0.2, 0.25) is 0 Å². The van der Waals surface area contributed by atoms with E-state index in [-0.39, 0.29) is 23.9 Å². The highest BCUT2D eigenvalue weighted by atomic mass is 16.3. The van der Waals surface area contributed by atoms with Gasteiger partial charge < -0.3 is 15.0 Å². The van der Waals surface area contributed by atoms with Gasteiger partial charge in [-0.2, -0.15) is 0 Å². The van der Waals surface area contributed by atoms with E-state index in [0.717, 1.165) is 37.6 Å². The summed E-state index contributed by atoms with van der Waals surface area (Å²) in [6, 6.07) is 1.94. The van der Waals surface area contributed by atoms with Crippen LogP contribution in [0.3, 0.4) is 0 Å². The van der Waals surface area contributed by atoms with E-state index in [1.807, 2.05) is 13.1 Å². The number of pyridine rings is 1. The Morgan fingerprint density at radius 1 is 1.26 bits per heavy atom. The predicted octanol–water partition coefficient (Wildman–Crippen LogP) is 1.22. The van der Waals surface area contributed by atoms with Crippen LogP contribution in [-0.4, -0.2) is 56.3 Å². The Labute approximate surface area is 155 Å². The molecule has 0 unspecified atom stereocenters. The molecular weight excluding hydrogens is 346 g/mol. The van der Waals surface area contributed by atoms with Crippen LogP contribution in [-0.2, 0) is 0 Å². The Morgan fingerprint density at radius 2 is 2.04 bits per heavy atom. The van der Waals surface area contributed by atoms with Gasteiger partial charge in [0, 0.05) is 36.9 Å². The second-order valence-corrected chi connectivity index (χ2v) is 7.55. The van der Waals surface area contributed by atoms with E-state index in [1.165, 1.54) is 0 Å². The van der Waals surface area contributed by atoms with Crippen LogP contribution < -0.4 is 11.2 Å². The lowest BCUT2D eigenvalue weighted by atomic mass is 9.85. The quantitative estimate of drug-likeness (QED) is 0.625. The molecule has 1 aliphatic rings. The van der Waals surface area contributed by atoms with Crippen LogP contribution in [0, 0.1) is 5.92 Å². The molecule has 0 atom stereocenters. The average molecular weight is 371 g/mol. The topological polar surface area (TPSA) is 107 Å². The first-order valence-corrected chi connectivity index (χ1v) is 9.48. The second kappa shape index (κ2) is 7.28. The van der Waals surface area contributed by atoms with Crippen molar-refractivity contribution in [3.8, 4) is 0 Å². The lowest BCUT2D eigenvalue weighted by molar-refractivity contribution is 0.173. The smallest absolute Gasteiger partial charge is 0.329 e. The molecule has 1 fully saturated rings. The fourth-order valence-electron chi connectivity index (χ4n) is 4.38. The number of H-pyrrole nitrogens is 2. The van der Waals surface area contributed by atoms with Gasteiger partial charge in [-0.15, -0.1) is 0 Å². The van der Waals surface area contributed by atoms with Crippen molar-refractivity contribution in [2.45, 2.75) is 31.7 Å². The normalized spacial score (nSPS) is 20.7. The van der Waals surface area contributed by atoms with E-state index in [0.29, 0.717) is 29.0 Å². The molecule has 8 heteroatoms. The molecule has 0 amide bonds. The molecule has 4 rings (SSSR count). The summed E-state index contributed by atoms with van der Waals surface area (Å²) in [7, 11) is 2.03. The van der Waals surface area contributed by atoms with Crippen molar-refractivity contribution in [2.24, 2.45) is 5.92 Å². The third-order valence-electron chi connectivity index (χ3n) is 5.72. The maximum Gasteiger partial charge on any atom is 0.329 e. The first-order chi connectivity index (χ1) is 13.1. The first-order valence-electron chi connectivity index (χ1n) is 9.48. The summed E-state index contributed by atoms with van der Waals surface area (Å²) in [5.41, 5.74) is 0.625. The fourth-order valence-corrected chi connectivity index (χ4v) is 4.38. The van der Waals surface area contributed by atoms with Gasteiger partial charge in [-0.05, 0) is 44.7 Å². The van der Waals surface area contributed by atoms with Crippen molar-refractivity contribution in [3.63, 3.8) is 0 Å². The number of aliphatic hydroxyl groups is 1. The number of rotatable bonds is 5. The number of nitrogens with zero attached hydrogens (tertiary/aromatic N) is 3. The van der Waals surface area contributed by atoms with Crippen molar-refractivity contribution < 1.29 is 5.11 Å². The maximum absolute atomic E-state index is 12.7. The lowest BCUT2D eigenvalue weighted by Gasteiger charge is -2.32. The molecule has 3 aromatic rings. The summed E-state index contributed by atoms with van der Waals surface area (Å²) in [4.78, 5) is 37.0. The van der Waals surface area contributed by atoms with Crippen molar-refractivity contribution in [1.82, 2.24) is 24.4 Å². The van der Waals surface area contributed by atoms with Gasteiger partial charge >= 0.3 is 5.69 Å². The van der Waals surface area contributed by atoms with Gasteiger partial charge in [0.25, 0.3) is 5.56 Å². The highest BCUT2D eigenvalue weighted by Crippen LogP contribution is 2.34. The summed E-state index contributed by atoms with van der Waals surface area (Å²) >= 11 is 0. The van der Waals surface area contributed by atoms with E-state index >= 15 is 0 Å². The summed E-state index contributed by atoms with van der Waals surface area (Å²) in [5.74, 6) is 0.566.